The van der Waals surface area contributed by atoms with Crippen molar-refractivity contribution in [3.05, 3.63) is 17.7 Å². The Hall–Kier alpha value is -1.46. The van der Waals surface area contributed by atoms with Gasteiger partial charge in [0.15, 0.2) is 11.5 Å². The van der Waals surface area contributed by atoms with E-state index in [1.807, 2.05) is 19.1 Å². The maximum atomic E-state index is 6.04. The second kappa shape index (κ2) is 7.36. The van der Waals surface area contributed by atoms with Crippen LogP contribution in [0.4, 0.5) is 0 Å². The molecule has 0 radical (unpaired) electrons. The lowest BCUT2D eigenvalue weighted by atomic mass is 10.0. The Kier molecular flexibility index (Phi) is 5.49. The highest BCUT2D eigenvalue weighted by Gasteiger charge is 2.19. The minimum atomic E-state index is 0.115. The third-order valence-corrected chi connectivity index (χ3v) is 3.25. The Morgan fingerprint density at radius 3 is 2.65 bits per heavy atom. The summed E-state index contributed by atoms with van der Waals surface area (Å²) in [6.07, 6.45) is 1.68. The molecule has 0 aliphatic carbocycles. The molecule has 1 aromatic carbocycles. The monoisotopic (exact) mass is 281 g/mol. The molecular weight excluding hydrogens is 258 g/mol. The summed E-state index contributed by atoms with van der Waals surface area (Å²) >= 11 is 0. The zero-order valence-corrected chi connectivity index (χ0v) is 12.2. The van der Waals surface area contributed by atoms with Crippen molar-refractivity contribution in [1.82, 2.24) is 0 Å². The van der Waals surface area contributed by atoms with Crippen molar-refractivity contribution in [3.63, 3.8) is 0 Å². The highest BCUT2D eigenvalue weighted by atomic mass is 16.7. The van der Waals surface area contributed by atoms with Crippen LogP contribution in [0, 0.1) is 0 Å². The van der Waals surface area contributed by atoms with Crippen LogP contribution < -0.4 is 19.9 Å². The second-order valence-electron chi connectivity index (χ2n) is 4.73. The first kappa shape index (κ1) is 14.9. The van der Waals surface area contributed by atoms with Gasteiger partial charge in [0.1, 0.15) is 12.4 Å². The zero-order valence-electron chi connectivity index (χ0n) is 12.2. The van der Waals surface area contributed by atoms with Crippen LogP contribution in [0.3, 0.4) is 0 Å². The van der Waals surface area contributed by atoms with Crippen LogP contribution in [0.1, 0.15) is 25.8 Å². The summed E-state index contributed by atoms with van der Waals surface area (Å²) < 4.78 is 21.9. The summed E-state index contributed by atoms with van der Waals surface area (Å²) in [7, 11) is 0. The van der Waals surface area contributed by atoms with Gasteiger partial charge in [0.2, 0.25) is 6.79 Å². The number of rotatable bonds is 8. The molecule has 0 saturated heterocycles. The molecule has 1 aromatic rings. The average molecular weight is 281 g/mol. The first-order chi connectivity index (χ1) is 9.74. The molecule has 0 bridgehead atoms. The first-order valence-corrected chi connectivity index (χ1v) is 7.13. The molecule has 0 spiro atoms. The maximum absolute atomic E-state index is 6.04. The molecular formula is C15H23NO4. The topological polar surface area (TPSA) is 62.9 Å². The van der Waals surface area contributed by atoms with Crippen molar-refractivity contribution in [2.24, 2.45) is 5.73 Å². The SMILES string of the molecule is CCOCCOc1cc2c(cc1CC(N)CC)OCO2. The number of nitrogens with two attached hydrogens (primary N) is 1. The van der Waals surface area contributed by atoms with E-state index in [1.54, 1.807) is 0 Å². The number of fused-ring (bicyclic) bond motifs is 1. The lowest BCUT2D eigenvalue weighted by molar-refractivity contribution is 0.109. The molecule has 0 fully saturated rings. The molecule has 5 heteroatoms. The van der Waals surface area contributed by atoms with Gasteiger partial charge in [-0.05, 0) is 31.4 Å². The second-order valence-corrected chi connectivity index (χ2v) is 4.73. The van der Waals surface area contributed by atoms with Gasteiger partial charge in [-0.25, -0.2) is 0 Å². The zero-order chi connectivity index (χ0) is 14.4. The Bertz CT molecular complexity index is 436. The molecule has 112 valence electrons. The van der Waals surface area contributed by atoms with Gasteiger partial charge < -0.3 is 24.7 Å². The summed E-state index contributed by atoms with van der Waals surface area (Å²) in [5.74, 6) is 2.29. The van der Waals surface area contributed by atoms with E-state index < -0.39 is 0 Å². The third kappa shape index (κ3) is 3.77. The quantitative estimate of drug-likeness (QED) is 0.739. The Balaban J connectivity index is 2.09. The Morgan fingerprint density at radius 2 is 1.95 bits per heavy atom. The highest BCUT2D eigenvalue weighted by Crippen LogP contribution is 2.38. The molecule has 2 N–H and O–H groups in total. The summed E-state index contributed by atoms with van der Waals surface area (Å²) in [4.78, 5) is 0. The van der Waals surface area contributed by atoms with Crippen LogP contribution in [-0.2, 0) is 11.2 Å². The summed E-state index contributed by atoms with van der Waals surface area (Å²) in [6.45, 7) is 6.08. The van der Waals surface area contributed by atoms with Gasteiger partial charge in [0.25, 0.3) is 0 Å². The van der Waals surface area contributed by atoms with E-state index in [4.69, 9.17) is 24.7 Å². The third-order valence-electron chi connectivity index (χ3n) is 3.25. The van der Waals surface area contributed by atoms with Crippen molar-refractivity contribution in [2.45, 2.75) is 32.7 Å². The molecule has 1 unspecified atom stereocenters. The van der Waals surface area contributed by atoms with Gasteiger partial charge in [0, 0.05) is 18.7 Å². The molecule has 20 heavy (non-hydrogen) atoms. The van der Waals surface area contributed by atoms with E-state index in [-0.39, 0.29) is 12.8 Å². The van der Waals surface area contributed by atoms with Crippen molar-refractivity contribution in [3.8, 4) is 17.2 Å². The Morgan fingerprint density at radius 1 is 1.20 bits per heavy atom. The van der Waals surface area contributed by atoms with E-state index in [0.29, 0.717) is 19.8 Å². The summed E-state index contributed by atoms with van der Waals surface area (Å²) in [5.41, 5.74) is 7.10. The predicted molar refractivity (Wildman–Crippen MR) is 76.5 cm³/mol. The molecule has 1 atom stereocenters. The summed E-state index contributed by atoms with van der Waals surface area (Å²) in [5, 5.41) is 0. The minimum absolute atomic E-state index is 0.115. The summed E-state index contributed by atoms with van der Waals surface area (Å²) in [6, 6.07) is 3.96. The van der Waals surface area contributed by atoms with Crippen LogP contribution in [0.15, 0.2) is 12.1 Å². The van der Waals surface area contributed by atoms with E-state index in [0.717, 1.165) is 35.7 Å². The fourth-order valence-corrected chi connectivity index (χ4v) is 2.04. The van der Waals surface area contributed by atoms with E-state index in [2.05, 4.69) is 6.92 Å². The van der Waals surface area contributed by atoms with Gasteiger partial charge in [-0.3, -0.25) is 0 Å². The van der Waals surface area contributed by atoms with Crippen LogP contribution in [0.25, 0.3) is 0 Å². The van der Waals surface area contributed by atoms with Crippen molar-refractivity contribution < 1.29 is 18.9 Å². The van der Waals surface area contributed by atoms with Crippen LogP contribution in [0.5, 0.6) is 17.2 Å². The minimum Gasteiger partial charge on any atom is -0.491 e. The molecule has 2 rings (SSSR count). The van der Waals surface area contributed by atoms with Gasteiger partial charge >= 0.3 is 0 Å². The Labute approximate surface area is 120 Å². The average Bonchev–Trinajstić information content (AvgIpc) is 2.90. The molecule has 0 aromatic heterocycles. The fraction of sp³-hybridized carbons (Fsp3) is 0.600. The fourth-order valence-electron chi connectivity index (χ4n) is 2.04. The number of benzene rings is 1. The molecule has 0 saturated carbocycles. The van der Waals surface area contributed by atoms with Crippen molar-refractivity contribution in [1.29, 1.82) is 0 Å². The van der Waals surface area contributed by atoms with E-state index >= 15 is 0 Å². The normalized spacial score (nSPS) is 14.3. The predicted octanol–water partition coefficient (Wildman–Crippen LogP) is 2.11. The highest BCUT2D eigenvalue weighted by molar-refractivity contribution is 5.52. The van der Waals surface area contributed by atoms with Crippen molar-refractivity contribution >= 4 is 0 Å². The van der Waals surface area contributed by atoms with Crippen LogP contribution in [-0.4, -0.2) is 32.7 Å². The van der Waals surface area contributed by atoms with Crippen molar-refractivity contribution in [2.75, 3.05) is 26.6 Å². The molecule has 1 aliphatic heterocycles. The maximum Gasteiger partial charge on any atom is 0.231 e. The van der Waals surface area contributed by atoms with Crippen LogP contribution in [0.2, 0.25) is 0 Å². The van der Waals surface area contributed by atoms with Gasteiger partial charge in [-0.1, -0.05) is 6.92 Å². The molecule has 1 aliphatic rings. The largest absolute Gasteiger partial charge is 0.491 e. The van der Waals surface area contributed by atoms with E-state index in [1.165, 1.54) is 0 Å². The standard InChI is InChI=1S/C15H23NO4/c1-3-12(16)7-11-8-14-15(20-10-19-14)9-13(11)18-6-5-17-4-2/h8-9,12H,3-7,10,16H2,1-2H3. The lowest BCUT2D eigenvalue weighted by Gasteiger charge is -2.15. The lowest BCUT2D eigenvalue weighted by Crippen LogP contribution is -2.22. The van der Waals surface area contributed by atoms with Gasteiger partial charge in [-0.2, -0.15) is 0 Å². The van der Waals surface area contributed by atoms with Gasteiger partial charge in [0.05, 0.1) is 6.61 Å². The number of hydrogen-bond donors (Lipinski definition) is 1. The number of ether oxygens (including phenoxy) is 4. The molecule has 1 heterocycles. The van der Waals surface area contributed by atoms with Crippen LogP contribution >= 0.6 is 0 Å². The number of hydrogen-bond acceptors (Lipinski definition) is 5. The van der Waals surface area contributed by atoms with E-state index in [9.17, 15) is 0 Å². The first-order valence-electron chi connectivity index (χ1n) is 7.13. The smallest absolute Gasteiger partial charge is 0.231 e. The molecule has 0 amide bonds. The van der Waals surface area contributed by atoms with Gasteiger partial charge in [-0.15, -0.1) is 0 Å². The molecule has 5 nitrogen and oxygen atoms in total.